The quantitative estimate of drug-likeness (QED) is 0.557. The Labute approximate surface area is 200 Å². The molecule has 2 amide bonds. The molecular formula is C26H33N3O5. The van der Waals surface area contributed by atoms with Crippen molar-refractivity contribution in [2.24, 2.45) is 0 Å². The highest BCUT2D eigenvalue weighted by Gasteiger charge is 2.32. The van der Waals surface area contributed by atoms with Crippen molar-refractivity contribution in [2.45, 2.75) is 38.3 Å². The molecule has 2 aromatic rings. The van der Waals surface area contributed by atoms with Gasteiger partial charge in [-0.15, -0.1) is 0 Å². The monoisotopic (exact) mass is 467 g/mol. The molecule has 1 aliphatic carbocycles. The number of carboxylic acid groups (broad SMARTS) is 1. The lowest BCUT2D eigenvalue weighted by Gasteiger charge is -2.30. The van der Waals surface area contributed by atoms with Gasteiger partial charge in [-0.1, -0.05) is 48.5 Å². The standard InChI is InChI=1S/C26H33N3O5/c1-5-29(17(2)25(31)32)24(30)23(14-15-28(3)4)27-26(33)34-16-22-20-12-8-6-10-18(20)19-11-7-9-13-21(19)22/h6-13,17,22-23H,5,14-16H2,1-4H3,(H,27,33)(H,31,32). The Balaban J connectivity index is 1.71. The number of rotatable bonds is 10. The fourth-order valence-electron chi connectivity index (χ4n) is 4.38. The molecule has 0 saturated heterocycles. The highest BCUT2D eigenvalue weighted by molar-refractivity contribution is 5.89. The molecule has 0 heterocycles. The number of benzene rings is 2. The molecule has 1 aliphatic rings. The van der Waals surface area contributed by atoms with Crippen molar-refractivity contribution < 1.29 is 24.2 Å². The summed E-state index contributed by atoms with van der Waals surface area (Å²) in [4.78, 5) is 40.5. The number of nitrogens with zero attached hydrogens (tertiary/aromatic N) is 2. The molecule has 34 heavy (non-hydrogen) atoms. The number of hydrogen-bond donors (Lipinski definition) is 2. The SMILES string of the molecule is CCN(C(=O)C(CCN(C)C)NC(=O)OCC1c2ccccc2-c2ccccc21)C(C)C(=O)O. The Bertz CT molecular complexity index is 993. The Morgan fingerprint density at radius 2 is 1.59 bits per heavy atom. The van der Waals surface area contributed by atoms with Gasteiger partial charge in [0, 0.05) is 12.5 Å². The predicted octanol–water partition coefficient (Wildman–Crippen LogP) is 3.17. The van der Waals surface area contributed by atoms with Crippen LogP contribution in [0.25, 0.3) is 11.1 Å². The first kappa shape index (κ1) is 25.2. The van der Waals surface area contributed by atoms with Crippen LogP contribution in [0.5, 0.6) is 0 Å². The van der Waals surface area contributed by atoms with Gasteiger partial charge in [-0.25, -0.2) is 9.59 Å². The summed E-state index contributed by atoms with van der Waals surface area (Å²) in [5.41, 5.74) is 4.47. The molecule has 2 N–H and O–H groups in total. The van der Waals surface area contributed by atoms with Gasteiger partial charge in [0.05, 0.1) is 0 Å². The van der Waals surface area contributed by atoms with Crippen LogP contribution in [-0.2, 0) is 14.3 Å². The number of carboxylic acids is 1. The number of alkyl carbamates (subject to hydrolysis) is 1. The van der Waals surface area contributed by atoms with E-state index < -0.39 is 30.1 Å². The maximum Gasteiger partial charge on any atom is 0.407 e. The molecule has 8 nitrogen and oxygen atoms in total. The summed E-state index contributed by atoms with van der Waals surface area (Å²) in [5, 5.41) is 12.0. The fraction of sp³-hybridized carbons (Fsp3) is 0.423. The third kappa shape index (κ3) is 5.56. The van der Waals surface area contributed by atoms with Crippen LogP contribution >= 0.6 is 0 Å². The number of aliphatic carboxylic acids is 1. The summed E-state index contributed by atoms with van der Waals surface area (Å²) in [6.45, 7) is 4.07. The average Bonchev–Trinajstić information content (AvgIpc) is 3.14. The van der Waals surface area contributed by atoms with E-state index in [1.807, 2.05) is 55.4 Å². The normalized spacial score (nSPS) is 14.1. The third-order valence-corrected chi connectivity index (χ3v) is 6.25. The van der Waals surface area contributed by atoms with Gasteiger partial charge in [-0.05, 0) is 63.2 Å². The second-order valence-corrected chi connectivity index (χ2v) is 8.75. The van der Waals surface area contributed by atoms with Gasteiger partial charge in [0.2, 0.25) is 5.91 Å². The molecule has 0 aromatic heterocycles. The van der Waals surface area contributed by atoms with Crippen LogP contribution in [0.4, 0.5) is 4.79 Å². The Morgan fingerprint density at radius 3 is 2.09 bits per heavy atom. The van der Waals surface area contributed by atoms with E-state index in [9.17, 15) is 19.5 Å². The number of carbonyl (C=O) groups excluding carboxylic acids is 2. The van der Waals surface area contributed by atoms with E-state index in [4.69, 9.17) is 4.74 Å². The summed E-state index contributed by atoms with van der Waals surface area (Å²) >= 11 is 0. The Morgan fingerprint density at radius 1 is 1.03 bits per heavy atom. The molecule has 0 bridgehead atoms. The largest absolute Gasteiger partial charge is 0.480 e. The van der Waals surface area contributed by atoms with Crippen LogP contribution in [0.2, 0.25) is 0 Å². The second kappa shape index (κ2) is 11.2. The lowest BCUT2D eigenvalue weighted by Crippen LogP contribution is -2.53. The third-order valence-electron chi connectivity index (χ3n) is 6.25. The Hall–Kier alpha value is -3.39. The second-order valence-electron chi connectivity index (χ2n) is 8.75. The van der Waals surface area contributed by atoms with Crippen LogP contribution in [0, 0.1) is 0 Å². The van der Waals surface area contributed by atoms with Crippen molar-refractivity contribution >= 4 is 18.0 Å². The maximum absolute atomic E-state index is 13.1. The lowest BCUT2D eigenvalue weighted by atomic mass is 9.98. The van der Waals surface area contributed by atoms with E-state index in [1.165, 1.54) is 11.8 Å². The van der Waals surface area contributed by atoms with Gasteiger partial charge in [-0.3, -0.25) is 4.79 Å². The minimum Gasteiger partial charge on any atom is -0.480 e. The predicted molar refractivity (Wildman–Crippen MR) is 130 cm³/mol. The molecule has 0 saturated carbocycles. The van der Waals surface area contributed by atoms with E-state index >= 15 is 0 Å². The number of carbonyl (C=O) groups is 3. The summed E-state index contributed by atoms with van der Waals surface area (Å²) in [6, 6.07) is 14.2. The highest BCUT2D eigenvalue weighted by Crippen LogP contribution is 2.44. The van der Waals surface area contributed by atoms with Gasteiger partial charge in [-0.2, -0.15) is 0 Å². The van der Waals surface area contributed by atoms with Crippen LogP contribution in [0.15, 0.2) is 48.5 Å². The Kier molecular flexibility index (Phi) is 8.28. The van der Waals surface area contributed by atoms with Crippen molar-refractivity contribution in [3.05, 3.63) is 59.7 Å². The first-order valence-corrected chi connectivity index (χ1v) is 11.5. The lowest BCUT2D eigenvalue weighted by molar-refractivity contribution is -0.150. The van der Waals surface area contributed by atoms with Crippen LogP contribution in [0.1, 0.15) is 37.3 Å². The van der Waals surface area contributed by atoms with E-state index in [-0.39, 0.29) is 19.1 Å². The van der Waals surface area contributed by atoms with Crippen molar-refractivity contribution in [3.8, 4) is 11.1 Å². The van der Waals surface area contributed by atoms with Crippen LogP contribution < -0.4 is 5.32 Å². The average molecular weight is 468 g/mol. The van der Waals surface area contributed by atoms with Gasteiger partial charge in [0.1, 0.15) is 18.7 Å². The van der Waals surface area contributed by atoms with Gasteiger partial charge < -0.3 is 25.0 Å². The van der Waals surface area contributed by atoms with E-state index in [0.29, 0.717) is 13.0 Å². The smallest absolute Gasteiger partial charge is 0.407 e. The molecule has 182 valence electrons. The molecule has 2 atom stereocenters. The number of hydrogen-bond acceptors (Lipinski definition) is 5. The van der Waals surface area contributed by atoms with Crippen molar-refractivity contribution in [2.75, 3.05) is 33.8 Å². The first-order valence-electron chi connectivity index (χ1n) is 11.5. The number of amides is 2. The van der Waals surface area contributed by atoms with E-state index in [0.717, 1.165) is 22.3 Å². The van der Waals surface area contributed by atoms with Gasteiger partial charge in [0.25, 0.3) is 0 Å². The molecule has 0 fully saturated rings. The van der Waals surface area contributed by atoms with Gasteiger partial charge >= 0.3 is 12.1 Å². The molecule has 0 aliphatic heterocycles. The molecular weight excluding hydrogens is 434 g/mol. The summed E-state index contributed by atoms with van der Waals surface area (Å²) < 4.78 is 5.60. The minimum absolute atomic E-state index is 0.0896. The van der Waals surface area contributed by atoms with Crippen molar-refractivity contribution in [1.82, 2.24) is 15.1 Å². The summed E-state index contributed by atoms with van der Waals surface area (Å²) in [7, 11) is 3.73. The minimum atomic E-state index is -1.09. The van der Waals surface area contributed by atoms with Crippen molar-refractivity contribution in [3.63, 3.8) is 0 Å². The van der Waals surface area contributed by atoms with Gasteiger partial charge in [0.15, 0.2) is 0 Å². The summed E-state index contributed by atoms with van der Waals surface area (Å²) in [6.07, 6.45) is -0.364. The number of fused-ring (bicyclic) bond motifs is 3. The molecule has 0 radical (unpaired) electrons. The van der Waals surface area contributed by atoms with E-state index in [1.54, 1.807) is 6.92 Å². The zero-order valence-electron chi connectivity index (χ0n) is 20.2. The highest BCUT2D eigenvalue weighted by atomic mass is 16.5. The maximum atomic E-state index is 13.1. The molecule has 2 unspecified atom stereocenters. The number of likely N-dealkylation sites (N-methyl/N-ethyl adjacent to an activating group) is 1. The number of ether oxygens (including phenoxy) is 1. The molecule has 8 heteroatoms. The van der Waals surface area contributed by atoms with Crippen LogP contribution in [0.3, 0.4) is 0 Å². The molecule has 3 rings (SSSR count). The molecule has 0 spiro atoms. The number of nitrogens with one attached hydrogen (secondary N) is 1. The van der Waals surface area contributed by atoms with Crippen LogP contribution in [-0.4, -0.2) is 78.8 Å². The zero-order chi connectivity index (χ0) is 24.8. The topological polar surface area (TPSA) is 99.2 Å². The first-order chi connectivity index (χ1) is 16.2. The zero-order valence-corrected chi connectivity index (χ0v) is 20.2. The fourth-order valence-corrected chi connectivity index (χ4v) is 4.38. The summed E-state index contributed by atoms with van der Waals surface area (Å²) in [5.74, 6) is -1.62. The van der Waals surface area contributed by atoms with Crippen molar-refractivity contribution in [1.29, 1.82) is 0 Å². The van der Waals surface area contributed by atoms with E-state index in [2.05, 4.69) is 17.4 Å². The molecule has 2 aromatic carbocycles.